The number of nitrogen functional groups attached to an aromatic ring is 2. The monoisotopic (exact) mass is 502 g/mol. The van der Waals surface area contributed by atoms with E-state index in [0.717, 1.165) is 0 Å². The topological polar surface area (TPSA) is 239 Å². The third-order valence-corrected chi connectivity index (χ3v) is 6.11. The molecule has 0 bridgehead atoms. The van der Waals surface area contributed by atoms with Gasteiger partial charge in [-0.25, -0.2) is 29.9 Å². The summed E-state index contributed by atoms with van der Waals surface area (Å²) in [7, 11) is 0. The van der Waals surface area contributed by atoms with Gasteiger partial charge in [0.1, 0.15) is 42.1 Å². The first-order valence-corrected chi connectivity index (χ1v) is 11.2. The molecular weight excluding hydrogens is 476 g/mol. The molecule has 6 heterocycles. The van der Waals surface area contributed by atoms with Gasteiger partial charge in [0, 0.05) is 12.8 Å². The second-order valence-corrected chi connectivity index (χ2v) is 8.42. The molecular formula is C20H26N10O6. The number of nitrogens with zero attached hydrogens (tertiary/aromatic N) is 8. The van der Waals surface area contributed by atoms with Crippen molar-refractivity contribution in [1.82, 2.24) is 39.0 Å². The number of rotatable bonds is 4. The van der Waals surface area contributed by atoms with Gasteiger partial charge in [-0.05, 0) is 0 Å². The van der Waals surface area contributed by atoms with Crippen molar-refractivity contribution in [3.8, 4) is 0 Å². The predicted molar refractivity (Wildman–Crippen MR) is 123 cm³/mol. The Morgan fingerprint density at radius 1 is 0.778 bits per heavy atom. The van der Waals surface area contributed by atoms with Crippen molar-refractivity contribution in [1.29, 1.82) is 0 Å². The quantitative estimate of drug-likeness (QED) is 0.179. The summed E-state index contributed by atoms with van der Waals surface area (Å²) in [6.07, 6.45) is 3.11. The molecule has 0 unspecified atom stereocenters. The Kier molecular flexibility index (Phi) is 6.61. The average molecular weight is 502 g/mol. The molecule has 192 valence electrons. The summed E-state index contributed by atoms with van der Waals surface area (Å²) in [5, 5.41) is 37.7. The highest BCUT2D eigenvalue weighted by molar-refractivity contribution is 5.81. The Labute approximate surface area is 203 Å². The number of aromatic nitrogens is 8. The number of ether oxygens (including phenoxy) is 2. The fourth-order valence-corrected chi connectivity index (χ4v) is 4.28. The number of nitrogens with two attached hydrogens (primary N) is 2. The lowest BCUT2D eigenvalue weighted by Gasteiger charge is -2.16. The molecule has 6 rings (SSSR count). The van der Waals surface area contributed by atoms with E-state index in [0.29, 0.717) is 41.0 Å². The SMILES string of the molecule is Nc1ncnc2c1ncn2[C@@H]1O[C@H](CO)C[C@H]1O.Nc1ncnc2c1ncn2[C@H]1C[C@H](O)[C@@H](CO)O1. The normalized spacial score (nSPS) is 28.0. The molecule has 2 aliphatic rings. The zero-order valence-electron chi connectivity index (χ0n) is 18.9. The van der Waals surface area contributed by atoms with Crippen LogP contribution in [-0.2, 0) is 9.47 Å². The lowest BCUT2D eigenvalue weighted by Crippen LogP contribution is -2.24. The van der Waals surface area contributed by atoms with Crippen molar-refractivity contribution in [3.05, 3.63) is 25.3 Å². The molecule has 0 radical (unpaired) electrons. The van der Waals surface area contributed by atoms with Crippen molar-refractivity contribution in [2.24, 2.45) is 0 Å². The highest BCUT2D eigenvalue weighted by Gasteiger charge is 2.36. The van der Waals surface area contributed by atoms with E-state index in [1.54, 1.807) is 15.5 Å². The predicted octanol–water partition coefficient (Wildman–Crippen LogP) is -1.90. The van der Waals surface area contributed by atoms with Crippen LogP contribution in [-0.4, -0.2) is 97.1 Å². The number of hydrogen-bond donors (Lipinski definition) is 6. The number of aliphatic hydroxyl groups excluding tert-OH is 4. The third kappa shape index (κ3) is 4.29. The first kappa shape index (κ1) is 24.2. The van der Waals surface area contributed by atoms with E-state index >= 15 is 0 Å². The van der Waals surface area contributed by atoms with Crippen molar-refractivity contribution in [2.45, 2.75) is 49.7 Å². The maximum Gasteiger partial charge on any atom is 0.167 e. The fraction of sp³-hybridized carbons (Fsp3) is 0.500. The maximum absolute atomic E-state index is 9.93. The third-order valence-electron chi connectivity index (χ3n) is 6.11. The van der Waals surface area contributed by atoms with Gasteiger partial charge >= 0.3 is 0 Å². The molecule has 8 N–H and O–H groups in total. The molecule has 6 atom stereocenters. The molecule has 16 heteroatoms. The molecule has 2 fully saturated rings. The second kappa shape index (κ2) is 9.84. The van der Waals surface area contributed by atoms with Crippen LogP contribution >= 0.6 is 0 Å². The minimum atomic E-state index is -0.712. The van der Waals surface area contributed by atoms with E-state index in [-0.39, 0.29) is 25.1 Å². The van der Waals surface area contributed by atoms with Crippen LogP contribution in [0.5, 0.6) is 0 Å². The molecule has 16 nitrogen and oxygen atoms in total. The van der Waals surface area contributed by atoms with Crippen LogP contribution < -0.4 is 11.5 Å². The van der Waals surface area contributed by atoms with Crippen LogP contribution in [0.3, 0.4) is 0 Å². The van der Waals surface area contributed by atoms with E-state index in [9.17, 15) is 10.2 Å². The van der Waals surface area contributed by atoms with Gasteiger partial charge in [-0.3, -0.25) is 9.13 Å². The first-order valence-electron chi connectivity index (χ1n) is 11.2. The Balaban J connectivity index is 0.000000148. The van der Waals surface area contributed by atoms with Crippen molar-refractivity contribution < 1.29 is 29.9 Å². The summed E-state index contributed by atoms with van der Waals surface area (Å²) in [5.74, 6) is 0.584. The smallest absolute Gasteiger partial charge is 0.167 e. The van der Waals surface area contributed by atoms with Crippen molar-refractivity contribution >= 4 is 34.0 Å². The van der Waals surface area contributed by atoms with Gasteiger partial charge in [0.05, 0.1) is 38.1 Å². The molecule has 0 aliphatic carbocycles. The zero-order valence-corrected chi connectivity index (χ0v) is 18.9. The Hall–Kier alpha value is -3.54. The van der Waals surface area contributed by atoms with E-state index in [1.165, 1.54) is 19.0 Å². The highest BCUT2D eigenvalue weighted by Crippen LogP contribution is 2.32. The van der Waals surface area contributed by atoms with E-state index in [1.807, 2.05) is 0 Å². The lowest BCUT2D eigenvalue weighted by atomic mass is 10.2. The Morgan fingerprint density at radius 3 is 1.94 bits per heavy atom. The summed E-state index contributed by atoms with van der Waals surface area (Å²) in [6, 6.07) is 0. The van der Waals surface area contributed by atoms with Crippen LogP contribution in [0.15, 0.2) is 25.3 Å². The van der Waals surface area contributed by atoms with Gasteiger partial charge in [-0.2, -0.15) is 0 Å². The van der Waals surface area contributed by atoms with Crippen LogP contribution in [0, 0.1) is 0 Å². The zero-order chi connectivity index (χ0) is 25.4. The molecule has 2 aliphatic heterocycles. The molecule has 2 saturated heterocycles. The van der Waals surface area contributed by atoms with Gasteiger partial charge in [0.2, 0.25) is 0 Å². The van der Waals surface area contributed by atoms with E-state index in [2.05, 4.69) is 29.9 Å². The molecule has 0 spiro atoms. The summed E-state index contributed by atoms with van der Waals surface area (Å²) in [4.78, 5) is 24.1. The minimum Gasteiger partial charge on any atom is -0.394 e. The largest absolute Gasteiger partial charge is 0.394 e. The number of imidazole rings is 2. The summed E-state index contributed by atoms with van der Waals surface area (Å²) >= 11 is 0. The van der Waals surface area contributed by atoms with E-state index < -0.39 is 30.8 Å². The summed E-state index contributed by atoms with van der Waals surface area (Å²) < 4.78 is 14.4. The van der Waals surface area contributed by atoms with E-state index in [4.69, 9.17) is 31.2 Å². The van der Waals surface area contributed by atoms with Gasteiger partial charge in [-0.1, -0.05) is 0 Å². The number of hydrogen-bond acceptors (Lipinski definition) is 14. The van der Waals surface area contributed by atoms with Gasteiger partial charge < -0.3 is 41.4 Å². The molecule has 4 aromatic heterocycles. The number of aliphatic hydroxyl groups is 4. The van der Waals surface area contributed by atoms with Crippen molar-refractivity contribution in [2.75, 3.05) is 24.7 Å². The molecule has 0 saturated carbocycles. The van der Waals surface area contributed by atoms with Crippen LogP contribution in [0.1, 0.15) is 25.3 Å². The second-order valence-electron chi connectivity index (χ2n) is 8.42. The molecule has 4 aromatic rings. The van der Waals surface area contributed by atoms with Crippen LogP contribution in [0.4, 0.5) is 11.6 Å². The Bertz CT molecular complexity index is 1350. The molecule has 0 aromatic carbocycles. The highest BCUT2D eigenvalue weighted by atomic mass is 16.5. The number of fused-ring (bicyclic) bond motifs is 2. The van der Waals surface area contributed by atoms with Gasteiger partial charge in [0.25, 0.3) is 0 Å². The Morgan fingerprint density at radius 2 is 1.39 bits per heavy atom. The lowest BCUT2D eigenvalue weighted by molar-refractivity contribution is -0.0486. The summed E-state index contributed by atoms with van der Waals surface area (Å²) in [5.41, 5.74) is 13.4. The van der Waals surface area contributed by atoms with Gasteiger partial charge in [0.15, 0.2) is 29.2 Å². The van der Waals surface area contributed by atoms with Gasteiger partial charge in [-0.15, -0.1) is 0 Å². The maximum atomic E-state index is 9.93. The van der Waals surface area contributed by atoms with Crippen molar-refractivity contribution in [3.63, 3.8) is 0 Å². The number of anilines is 2. The average Bonchev–Trinajstić information content (AvgIpc) is 3.64. The molecule has 0 amide bonds. The first-order chi connectivity index (χ1) is 17.4. The standard InChI is InChI=1S/2C10H13N5O3/c11-9-8-10(13-3-12-9)15(4-14-8)7-1-5(17)6(2-16)18-7;11-8-7-9(13-3-12-8)15(4-14-7)10-6(17)1-5(2-16)18-10/h3-7,16-17H,1-2H2,(H2,11,12,13);3-6,10,16-17H,1-2H2,(H2,11,12,13)/t5-,6+,7+;5-,6+,10+/m00/s1. The van der Waals surface area contributed by atoms with Crippen LogP contribution in [0.2, 0.25) is 0 Å². The van der Waals surface area contributed by atoms with Crippen LogP contribution in [0.25, 0.3) is 22.3 Å². The summed E-state index contributed by atoms with van der Waals surface area (Å²) in [6.45, 7) is -0.348. The fourth-order valence-electron chi connectivity index (χ4n) is 4.28. The molecule has 36 heavy (non-hydrogen) atoms. The minimum absolute atomic E-state index is 0.128.